The predicted octanol–water partition coefficient (Wildman–Crippen LogP) is 2.06. The minimum atomic E-state index is -0.590. The largest absolute Gasteiger partial charge is 0.392 e. The van der Waals surface area contributed by atoms with Crippen molar-refractivity contribution in [3.05, 3.63) is 30.1 Å². The maximum Gasteiger partial charge on any atom is 0.321 e. The quantitative estimate of drug-likeness (QED) is 0.846. The average molecular weight is 240 g/mol. The number of carbonyl (C=O) groups excluding carboxylic acids is 1. The van der Waals surface area contributed by atoms with Crippen LogP contribution in [-0.2, 0) is 0 Å². The summed E-state index contributed by atoms with van der Waals surface area (Å²) >= 11 is 0. The molecular formula is C12H17FN2O2. The number of benzene rings is 1. The van der Waals surface area contributed by atoms with Crippen LogP contribution in [0.15, 0.2) is 24.3 Å². The number of carbonyl (C=O) groups is 1. The van der Waals surface area contributed by atoms with Crippen molar-refractivity contribution in [2.45, 2.75) is 20.0 Å². The molecule has 0 saturated carbocycles. The molecule has 94 valence electrons. The lowest BCUT2D eigenvalue weighted by molar-refractivity contribution is 0.141. The number of aliphatic hydroxyl groups excluding tert-OH is 1. The molecule has 2 N–H and O–H groups in total. The van der Waals surface area contributed by atoms with Crippen molar-refractivity contribution >= 4 is 11.7 Å². The van der Waals surface area contributed by atoms with Crippen LogP contribution < -0.4 is 5.32 Å². The molecule has 0 aromatic heterocycles. The smallest absolute Gasteiger partial charge is 0.321 e. The van der Waals surface area contributed by atoms with Gasteiger partial charge in [-0.2, -0.15) is 0 Å². The number of likely N-dealkylation sites (N-methyl/N-ethyl adjacent to an activating group) is 1. The van der Waals surface area contributed by atoms with E-state index in [2.05, 4.69) is 5.32 Å². The summed E-state index contributed by atoms with van der Waals surface area (Å²) in [4.78, 5) is 13.2. The number of anilines is 1. The van der Waals surface area contributed by atoms with E-state index in [4.69, 9.17) is 0 Å². The number of urea groups is 1. The van der Waals surface area contributed by atoms with Crippen molar-refractivity contribution in [2.75, 3.05) is 18.4 Å². The molecule has 0 aliphatic heterocycles. The molecule has 1 rings (SSSR count). The fourth-order valence-corrected chi connectivity index (χ4v) is 1.44. The highest BCUT2D eigenvalue weighted by Crippen LogP contribution is 2.10. The van der Waals surface area contributed by atoms with Gasteiger partial charge in [-0.25, -0.2) is 9.18 Å². The van der Waals surface area contributed by atoms with Gasteiger partial charge in [0, 0.05) is 18.8 Å². The van der Waals surface area contributed by atoms with E-state index in [1.165, 1.54) is 23.1 Å². The highest BCUT2D eigenvalue weighted by Gasteiger charge is 2.13. The highest BCUT2D eigenvalue weighted by molar-refractivity contribution is 5.89. The molecular weight excluding hydrogens is 223 g/mol. The molecule has 1 aromatic rings. The van der Waals surface area contributed by atoms with Crippen LogP contribution in [0, 0.1) is 5.82 Å². The van der Waals surface area contributed by atoms with Crippen molar-refractivity contribution in [3.63, 3.8) is 0 Å². The van der Waals surface area contributed by atoms with Gasteiger partial charge < -0.3 is 15.3 Å². The Hall–Kier alpha value is -1.62. The maximum atomic E-state index is 12.9. The number of halogens is 1. The number of nitrogens with zero attached hydrogens (tertiary/aromatic N) is 1. The van der Waals surface area contributed by atoms with Gasteiger partial charge in [0.1, 0.15) is 5.82 Å². The van der Waals surface area contributed by atoms with Crippen LogP contribution >= 0.6 is 0 Å². The van der Waals surface area contributed by atoms with Gasteiger partial charge in [-0.1, -0.05) is 6.07 Å². The predicted molar refractivity (Wildman–Crippen MR) is 64.3 cm³/mol. The Morgan fingerprint density at radius 1 is 1.59 bits per heavy atom. The topological polar surface area (TPSA) is 52.6 Å². The minimum Gasteiger partial charge on any atom is -0.392 e. The van der Waals surface area contributed by atoms with Crippen LogP contribution in [0.25, 0.3) is 0 Å². The molecule has 0 aliphatic carbocycles. The average Bonchev–Trinajstić information content (AvgIpc) is 2.25. The summed E-state index contributed by atoms with van der Waals surface area (Å²) in [5.74, 6) is -0.402. The molecule has 17 heavy (non-hydrogen) atoms. The van der Waals surface area contributed by atoms with Gasteiger partial charge in [-0.15, -0.1) is 0 Å². The normalized spacial score (nSPS) is 12.0. The number of rotatable bonds is 4. The van der Waals surface area contributed by atoms with E-state index in [9.17, 15) is 14.3 Å². The molecule has 0 heterocycles. The molecule has 1 aromatic carbocycles. The third-order valence-electron chi connectivity index (χ3n) is 2.23. The Kier molecular flexibility index (Phi) is 4.90. The fraction of sp³-hybridized carbons (Fsp3) is 0.417. The summed E-state index contributed by atoms with van der Waals surface area (Å²) in [7, 11) is 0. The molecule has 0 fully saturated rings. The monoisotopic (exact) mass is 240 g/mol. The molecule has 0 saturated heterocycles. The molecule has 4 nitrogen and oxygen atoms in total. The molecule has 1 atom stereocenters. The van der Waals surface area contributed by atoms with Gasteiger partial charge >= 0.3 is 6.03 Å². The van der Waals surface area contributed by atoms with E-state index in [1.54, 1.807) is 13.0 Å². The van der Waals surface area contributed by atoms with Gasteiger partial charge in [-0.05, 0) is 32.0 Å². The molecule has 0 unspecified atom stereocenters. The third-order valence-corrected chi connectivity index (χ3v) is 2.23. The van der Waals surface area contributed by atoms with Crippen LogP contribution in [0.2, 0.25) is 0 Å². The molecule has 0 aliphatic rings. The van der Waals surface area contributed by atoms with E-state index in [-0.39, 0.29) is 12.6 Å². The van der Waals surface area contributed by atoms with Gasteiger partial charge in [0.05, 0.1) is 6.10 Å². The first-order valence-corrected chi connectivity index (χ1v) is 5.52. The third kappa shape index (κ3) is 4.40. The fourth-order valence-electron chi connectivity index (χ4n) is 1.44. The first-order chi connectivity index (χ1) is 8.02. The zero-order valence-electron chi connectivity index (χ0n) is 9.98. The number of hydrogen-bond acceptors (Lipinski definition) is 2. The molecule has 0 bridgehead atoms. The molecule has 2 amide bonds. The SMILES string of the molecule is CCN(C[C@@H](C)O)C(=O)Nc1cccc(F)c1. The second-order valence-corrected chi connectivity index (χ2v) is 3.83. The van der Waals surface area contributed by atoms with Crippen LogP contribution in [-0.4, -0.2) is 35.2 Å². The number of aliphatic hydroxyl groups is 1. The second-order valence-electron chi connectivity index (χ2n) is 3.83. The standard InChI is InChI=1S/C12H17FN2O2/c1-3-15(8-9(2)16)12(17)14-11-6-4-5-10(13)7-11/h4-7,9,16H,3,8H2,1-2H3,(H,14,17)/t9-/m1/s1. The number of hydrogen-bond donors (Lipinski definition) is 2. The van der Waals surface area contributed by atoms with Gasteiger partial charge in [0.25, 0.3) is 0 Å². The Bertz CT molecular complexity index is 383. The lowest BCUT2D eigenvalue weighted by Gasteiger charge is -2.22. The highest BCUT2D eigenvalue weighted by atomic mass is 19.1. The van der Waals surface area contributed by atoms with E-state index in [0.29, 0.717) is 12.2 Å². The van der Waals surface area contributed by atoms with Gasteiger partial charge in [0.2, 0.25) is 0 Å². The van der Waals surface area contributed by atoms with Crippen LogP contribution in [0.4, 0.5) is 14.9 Å². The van der Waals surface area contributed by atoms with E-state index in [1.807, 2.05) is 6.92 Å². The summed E-state index contributed by atoms with van der Waals surface area (Å²) in [6.07, 6.45) is -0.590. The minimum absolute atomic E-state index is 0.248. The number of amides is 2. The Morgan fingerprint density at radius 3 is 2.82 bits per heavy atom. The number of nitrogens with one attached hydrogen (secondary N) is 1. The lowest BCUT2D eigenvalue weighted by Crippen LogP contribution is -2.39. The van der Waals surface area contributed by atoms with Crippen molar-refractivity contribution in [1.82, 2.24) is 4.90 Å². The Balaban J connectivity index is 2.64. The molecule has 0 radical (unpaired) electrons. The first kappa shape index (κ1) is 13.4. The summed E-state index contributed by atoms with van der Waals surface area (Å²) in [5, 5.41) is 11.8. The van der Waals surface area contributed by atoms with Gasteiger partial charge in [-0.3, -0.25) is 0 Å². The zero-order valence-corrected chi connectivity index (χ0v) is 9.98. The first-order valence-electron chi connectivity index (χ1n) is 5.52. The Morgan fingerprint density at radius 2 is 2.29 bits per heavy atom. The second kappa shape index (κ2) is 6.20. The Labute approximate surface area is 100 Å². The van der Waals surface area contributed by atoms with Crippen molar-refractivity contribution in [3.8, 4) is 0 Å². The van der Waals surface area contributed by atoms with Crippen molar-refractivity contribution in [2.24, 2.45) is 0 Å². The summed E-state index contributed by atoms with van der Waals surface area (Å²) < 4.78 is 12.9. The lowest BCUT2D eigenvalue weighted by atomic mass is 10.3. The zero-order chi connectivity index (χ0) is 12.8. The summed E-state index contributed by atoms with van der Waals surface area (Å²) in [5.41, 5.74) is 0.402. The summed E-state index contributed by atoms with van der Waals surface area (Å²) in [6, 6.07) is 5.34. The molecule has 5 heteroatoms. The van der Waals surface area contributed by atoms with Crippen LogP contribution in [0.1, 0.15) is 13.8 Å². The van der Waals surface area contributed by atoms with E-state index in [0.717, 1.165) is 0 Å². The van der Waals surface area contributed by atoms with Gasteiger partial charge in [0.15, 0.2) is 0 Å². The van der Waals surface area contributed by atoms with Crippen LogP contribution in [0.3, 0.4) is 0 Å². The maximum absolute atomic E-state index is 12.9. The van der Waals surface area contributed by atoms with Crippen molar-refractivity contribution in [1.29, 1.82) is 0 Å². The summed E-state index contributed by atoms with van der Waals surface area (Å²) in [6.45, 7) is 4.15. The van der Waals surface area contributed by atoms with E-state index < -0.39 is 11.9 Å². The van der Waals surface area contributed by atoms with Crippen LogP contribution in [0.5, 0.6) is 0 Å². The van der Waals surface area contributed by atoms with E-state index >= 15 is 0 Å². The molecule has 0 spiro atoms. The van der Waals surface area contributed by atoms with Crippen molar-refractivity contribution < 1.29 is 14.3 Å².